The van der Waals surface area contributed by atoms with Crippen molar-refractivity contribution in [2.24, 2.45) is 5.41 Å². The number of hydrogen-bond donors (Lipinski definition) is 1. The lowest BCUT2D eigenvalue weighted by molar-refractivity contribution is 0.343. The molecule has 0 saturated carbocycles. The summed E-state index contributed by atoms with van der Waals surface area (Å²) in [5.74, 6) is 0. The Morgan fingerprint density at radius 1 is 1.12 bits per heavy atom. The van der Waals surface area contributed by atoms with E-state index in [1.807, 2.05) is 20.9 Å². The summed E-state index contributed by atoms with van der Waals surface area (Å²) < 4.78 is 0. The Morgan fingerprint density at radius 2 is 1.65 bits per heavy atom. The highest BCUT2D eigenvalue weighted by Gasteiger charge is 2.30. The number of nitriles is 1. The third kappa shape index (κ3) is 2.68. The van der Waals surface area contributed by atoms with E-state index >= 15 is 0 Å². The van der Waals surface area contributed by atoms with E-state index in [2.05, 4.69) is 44.3 Å². The minimum atomic E-state index is -0.415. The van der Waals surface area contributed by atoms with Crippen molar-refractivity contribution in [3.63, 3.8) is 0 Å². The Hall–Kier alpha value is -1.33. The molecule has 1 aromatic rings. The van der Waals surface area contributed by atoms with E-state index in [0.29, 0.717) is 0 Å². The van der Waals surface area contributed by atoms with Crippen molar-refractivity contribution >= 4 is 0 Å². The summed E-state index contributed by atoms with van der Waals surface area (Å²) in [4.78, 5) is 0. The van der Waals surface area contributed by atoms with Gasteiger partial charge in [0.25, 0.3) is 0 Å². The van der Waals surface area contributed by atoms with Crippen LogP contribution in [0.3, 0.4) is 0 Å². The molecular formula is C15H22N2. The maximum atomic E-state index is 9.28. The van der Waals surface area contributed by atoms with E-state index in [0.717, 1.165) is 0 Å². The van der Waals surface area contributed by atoms with Crippen LogP contribution in [0, 0.1) is 37.5 Å². The molecule has 1 N–H and O–H groups in total. The number of nitrogens with zero attached hydrogens (tertiary/aromatic N) is 1. The molecular weight excluding hydrogens is 208 g/mol. The van der Waals surface area contributed by atoms with Crippen LogP contribution in [-0.4, -0.2) is 7.05 Å². The standard InChI is InChI=1S/C15H22N2/c1-10-7-12(3)13(8-11(10)2)14(17-6)15(4,5)9-16/h7-8,14,17H,1-6H3. The van der Waals surface area contributed by atoms with Gasteiger partial charge in [-0.25, -0.2) is 0 Å². The van der Waals surface area contributed by atoms with Crippen LogP contribution in [0.15, 0.2) is 12.1 Å². The summed E-state index contributed by atoms with van der Waals surface area (Å²) in [6.07, 6.45) is 0. The third-order valence-electron chi connectivity index (χ3n) is 3.49. The van der Waals surface area contributed by atoms with Crippen molar-refractivity contribution in [2.45, 2.75) is 40.7 Å². The fourth-order valence-electron chi connectivity index (χ4n) is 2.26. The van der Waals surface area contributed by atoms with E-state index in [4.69, 9.17) is 0 Å². The fourth-order valence-corrected chi connectivity index (χ4v) is 2.26. The van der Waals surface area contributed by atoms with Crippen LogP contribution in [0.4, 0.5) is 0 Å². The van der Waals surface area contributed by atoms with Gasteiger partial charge in [-0.2, -0.15) is 5.26 Å². The zero-order chi connectivity index (χ0) is 13.2. The Balaban J connectivity index is 3.32. The minimum Gasteiger partial charge on any atom is -0.312 e. The lowest BCUT2D eigenvalue weighted by Crippen LogP contribution is -2.31. The highest BCUT2D eigenvalue weighted by Crippen LogP contribution is 2.34. The van der Waals surface area contributed by atoms with Gasteiger partial charge in [-0.05, 0) is 63.9 Å². The molecule has 92 valence electrons. The number of rotatable bonds is 3. The van der Waals surface area contributed by atoms with Gasteiger partial charge in [0.15, 0.2) is 0 Å². The van der Waals surface area contributed by atoms with Gasteiger partial charge in [0.1, 0.15) is 0 Å². The fraction of sp³-hybridized carbons (Fsp3) is 0.533. The van der Waals surface area contributed by atoms with Crippen LogP contribution in [-0.2, 0) is 0 Å². The average molecular weight is 230 g/mol. The van der Waals surface area contributed by atoms with Crippen molar-refractivity contribution in [2.75, 3.05) is 7.05 Å². The second kappa shape index (κ2) is 4.89. The number of hydrogen-bond acceptors (Lipinski definition) is 2. The van der Waals surface area contributed by atoms with Crippen molar-refractivity contribution in [3.8, 4) is 6.07 Å². The molecule has 1 rings (SSSR count). The van der Waals surface area contributed by atoms with Gasteiger partial charge in [0.05, 0.1) is 17.5 Å². The maximum Gasteiger partial charge on any atom is 0.0712 e. The summed E-state index contributed by atoms with van der Waals surface area (Å²) >= 11 is 0. The number of aryl methyl sites for hydroxylation is 3. The topological polar surface area (TPSA) is 35.8 Å². The first kappa shape index (κ1) is 13.7. The first-order chi connectivity index (χ1) is 7.83. The molecule has 0 heterocycles. The average Bonchev–Trinajstić information content (AvgIpc) is 2.26. The molecule has 0 saturated heterocycles. The second-order valence-electron chi connectivity index (χ2n) is 5.35. The van der Waals surface area contributed by atoms with E-state index in [9.17, 15) is 5.26 Å². The monoisotopic (exact) mass is 230 g/mol. The molecule has 1 unspecified atom stereocenters. The predicted octanol–water partition coefficient (Wildman–Crippen LogP) is 3.42. The van der Waals surface area contributed by atoms with Gasteiger partial charge in [0, 0.05) is 0 Å². The van der Waals surface area contributed by atoms with Crippen LogP contribution in [0.25, 0.3) is 0 Å². The Labute approximate surface area is 105 Å². The molecule has 0 aliphatic rings. The maximum absolute atomic E-state index is 9.28. The quantitative estimate of drug-likeness (QED) is 0.863. The SMILES string of the molecule is CNC(c1cc(C)c(C)cc1C)C(C)(C)C#N. The molecule has 2 nitrogen and oxygen atoms in total. The lowest BCUT2D eigenvalue weighted by Gasteiger charge is -2.30. The van der Waals surface area contributed by atoms with Gasteiger partial charge in [-0.3, -0.25) is 0 Å². The van der Waals surface area contributed by atoms with Crippen LogP contribution < -0.4 is 5.32 Å². The second-order valence-corrected chi connectivity index (χ2v) is 5.35. The van der Waals surface area contributed by atoms with Crippen LogP contribution in [0.2, 0.25) is 0 Å². The van der Waals surface area contributed by atoms with E-state index in [1.54, 1.807) is 0 Å². The molecule has 0 radical (unpaired) electrons. The van der Waals surface area contributed by atoms with Crippen LogP contribution >= 0.6 is 0 Å². The molecule has 0 spiro atoms. The molecule has 0 bridgehead atoms. The molecule has 1 aromatic carbocycles. The Bertz CT molecular complexity index is 453. The summed E-state index contributed by atoms with van der Waals surface area (Å²) in [5, 5.41) is 12.6. The van der Waals surface area contributed by atoms with Crippen molar-refractivity contribution in [1.29, 1.82) is 5.26 Å². The lowest BCUT2D eigenvalue weighted by atomic mass is 9.79. The molecule has 0 aliphatic heterocycles. The van der Waals surface area contributed by atoms with E-state index < -0.39 is 5.41 Å². The first-order valence-electron chi connectivity index (χ1n) is 5.99. The summed E-state index contributed by atoms with van der Waals surface area (Å²) in [6.45, 7) is 10.3. The van der Waals surface area contributed by atoms with Gasteiger partial charge in [-0.15, -0.1) is 0 Å². The molecule has 0 amide bonds. The number of nitrogens with one attached hydrogen (secondary N) is 1. The molecule has 0 aliphatic carbocycles. The molecule has 1 atom stereocenters. The van der Waals surface area contributed by atoms with Crippen molar-refractivity contribution < 1.29 is 0 Å². The highest BCUT2D eigenvalue weighted by atomic mass is 14.9. The molecule has 17 heavy (non-hydrogen) atoms. The summed E-state index contributed by atoms with van der Waals surface area (Å²) in [7, 11) is 1.92. The Kier molecular flexibility index (Phi) is 3.95. The summed E-state index contributed by atoms with van der Waals surface area (Å²) in [5.41, 5.74) is 4.63. The Morgan fingerprint density at radius 3 is 2.12 bits per heavy atom. The zero-order valence-corrected chi connectivity index (χ0v) is 11.7. The van der Waals surface area contributed by atoms with Gasteiger partial charge < -0.3 is 5.32 Å². The third-order valence-corrected chi connectivity index (χ3v) is 3.49. The van der Waals surface area contributed by atoms with Gasteiger partial charge in [-0.1, -0.05) is 12.1 Å². The van der Waals surface area contributed by atoms with Crippen LogP contribution in [0.5, 0.6) is 0 Å². The molecule has 0 fully saturated rings. The van der Waals surface area contributed by atoms with Gasteiger partial charge >= 0.3 is 0 Å². The highest BCUT2D eigenvalue weighted by molar-refractivity contribution is 5.39. The normalized spacial score (nSPS) is 13.2. The predicted molar refractivity (Wildman–Crippen MR) is 71.8 cm³/mol. The zero-order valence-electron chi connectivity index (χ0n) is 11.7. The largest absolute Gasteiger partial charge is 0.312 e. The minimum absolute atomic E-state index is 0.0619. The smallest absolute Gasteiger partial charge is 0.0712 e. The van der Waals surface area contributed by atoms with Crippen molar-refractivity contribution in [1.82, 2.24) is 5.32 Å². The van der Waals surface area contributed by atoms with E-state index in [-0.39, 0.29) is 6.04 Å². The number of benzene rings is 1. The van der Waals surface area contributed by atoms with Crippen LogP contribution in [0.1, 0.15) is 42.1 Å². The summed E-state index contributed by atoms with van der Waals surface area (Å²) in [6, 6.07) is 6.85. The molecule has 0 aromatic heterocycles. The van der Waals surface area contributed by atoms with E-state index in [1.165, 1.54) is 22.3 Å². The first-order valence-corrected chi connectivity index (χ1v) is 5.99. The van der Waals surface area contributed by atoms with Crippen molar-refractivity contribution in [3.05, 3.63) is 34.4 Å². The van der Waals surface area contributed by atoms with Gasteiger partial charge in [0.2, 0.25) is 0 Å². The molecule has 2 heteroatoms.